The molecule has 1 unspecified atom stereocenters. The fourth-order valence-corrected chi connectivity index (χ4v) is 1.73. The zero-order chi connectivity index (χ0) is 12.4. The van der Waals surface area contributed by atoms with Crippen LogP contribution in [0.25, 0.3) is 5.65 Å². The van der Waals surface area contributed by atoms with Crippen molar-refractivity contribution in [1.29, 1.82) is 0 Å². The second kappa shape index (κ2) is 4.40. The van der Waals surface area contributed by atoms with E-state index in [9.17, 15) is 4.79 Å². The van der Waals surface area contributed by atoms with E-state index in [1.165, 1.54) is 4.40 Å². The quantitative estimate of drug-likeness (QED) is 0.775. The van der Waals surface area contributed by atoms with Gasteiger partial charge in [-0.2, -0.15) is 5.10 Å². The Labute approximate surface area is 98.4 Å². The van der Waals surface area contributed by atoms with Gasteiger partial charge in [0.15, 0.2) is 5.65 Å². The lowest BCUT2D eigenvalue weighted by Gasteiger charge is -2.12. The lowest BCUT2D eigenvalue weighted by molar-refractivity contribution is 0.802. The minimum absolute atomic E-state index is 0.243. The predicted octanol–water partition coefficient (Wildman–Crippen LogP) is 1.10. The van der Waals surface area contributed by atoms with Gasteiger partial charge in [0.05, 0.1) is 0 Å². The number of H-pyrrole nitrogens is 1. The first-order valence-electron chi connectivity index (χ1n) is 5.44. The molecule has 6 heteroatoms. The SMILES string of the molecule is C=CCC(C)Nc1cc2n[nH]c(=O)n2c(C)n1. The molecule has 0 amide bonds. The number of anilines is 1. The smallest absolute Gasteiger partial charge is 0.349 e. The summed E-state index contributed by atoms with van der Waals surface area (Å²) >= 11 is 0. The molecule has 0 aromatic carbocycles. The third-order valence-corrected chi connectivity index (χ3v) is 2.48. The second-order valence-corrected chi connectivity index (χ2v) is 3.98. The molecule has 6 nitrogen and oxygen atoms in total. The molecule has 0 fully saturated rings. The number of aromatic amines is 1. The maximum absolute atomic E-state index is 11.4. The fraction of sp³-hybridized carbons (Fsp3) is 0.364. The normalized spacial score (nSPS) is 12.6. The largest absolute Gasteiger partial charge is 0.367 e. The number of hydrogen-bond acceptors (Lipinski definition) is 4. The number of fused-ring (bicyclic) bond motifs is 1. The molecule has 0 aliphatic carbocycles. The summed E-state index contributed by atoms with van der Waals surface area (Å²) < 4.78 is 1.43. The number of aryl methyl sites for hydroxylation is 1. The molecule has 1 atom stereocenters. The van der Waals surface area contributed by atoms with Crippen LogP contribution in [-0.4, -0.2) is 25.6 Å². The maximum Gasteiger partial charge on any atom is 0.349 e. The Kier molecular flexibility index (Phi) is 2.95. The van der Waals surface area contributed by atoms with E-state index in [4.69, 9.17) is 0 Å². The molecule has 0 aliphatic rings. The molecule has 0 aliphatic heterocycles. The highest BCUT2D eigenvalue weighted by molar-refractivity contribution is 5.50. The summed E-state index contributed by atoms with van der Waals surface area (Å²) in [4.78, 5) is 15.7. The molecule has 0 bridgehead atoms. The summed E-state index contributed by atoms with van der Waals surface area (Å²) in [6.07, 6.45) is 2.70. The van der Waals surface area contributed by atoms with E-state index >= 15 is 0 Å². The van der Waals surface area contributed by atoms with Gasteiger partial charge in [-0.1, -0.05) is 6.08 Å². The Morgan fingerprint density at radius 2 is 2.47 bits per heavy atom. The van der Waals surface area contributed by atoms with Crippen LogP contribution in [0.3, 0.4) is 0 Å². The summed E-state index contributed by atoms with van der Waals surface area (Å²) in [6, 6.07) is 1.98. The van der Waals surface area contributed by atoms with Gasteiger partial charge in [-0.25, -0.2) is 19.3 Å². The molecule has 2 rings (SSSR count). The zero-order valence-electron chi connectivity index (χ0n) is 9.90. The number of nitrogens with zero attached hydrogens (tertiary/aromatic N) is 3. The van der Waals surface area contributed by atoms with Gasteiger partial charge in [0.25, 0.3) is 0 Å². The van der Waals surface area contributed by atoms with Crippen LogP contribution < -0.4 is 11.0 Å². The highest BCUT2D eigenvalue weighted by atomic mass is 16.1. The summed E-state index contributed by atoms with van der Waals surface area (Å²) in [5.74, 6) is 1.32. The van der Waals surface area contributed by atoms with Crippen LogP contribution in [0.1, 0.15) is 19.2 Å². The Bertz CT molecular complexity index is 597. The zero-order valence-corrected chi connectivity index (χ0v) is 9.90. The van der Waals surface area contributed by atoms with Crippen LogP contribution in [0.15, 0.2) is 23.5 Å². The highest BCUT2D eigenvalue weighted by Crippen LogP contribution is 2.10. The molecule has 2 N–H and O–H groups in total. The molecular weight excluding hydrogens is 218 g/mol. The van der Waals surface area contributed by atoms with Crippen LogP contribution in [0.4, 0.5) is 5.82 Å². The van der Waals surface area contributed by atoms with Gasteiger partial charge in [-0.15, -0.1) is 6.58 Å². The average Bonchev–Trinajstić information content (AvgIpc) is 2.60. The first-order chi connectivity index (χ1) is 8.11. The van der Waals surface area contributed by atoms with E-state index in [1.807, 2.05) is 13.0 Å². The molecule has 0 saturated heterocycles. The fourth-order valence-electron chi connectivity index (χ4n) is 1.73. The molecule has 17 heavy (non-hydrogen) atoms. The minimum Gasteiger partial charge on any atom is -0.367 e. The van der Waals surface area contributed by atoms with Crippen LogP contribution in [0.5, 0.6) is 0 Å². The number of aromatic nitrogens is 4. The van der Waals surface area contributed by atoms with Crippen molar-refractivity contribution in [3.63, 3.8) is 0 Å². The summed E-state index contributed by atoms with van der Waals surface area (Å²) in [5, 5.41) is 9.55. The van der Waals surface area contributed by atoms with Crippen molar-refractivity contribution in [1.82, 2.24) is 19.6 Å². The number of hydrogen-bond donors (Lipinski definition) is 2. The van der Waals surface area contributed by atoms with Crippen LogP contribution in [0, 0.1) is 6.92 Å². The lowest BCUT2D eigenvalue weighted by atomic mass is 10.2. The summed E-state index contributed by atoms with van der Waals surface area (Å²) in [5.41, 5.74) is 0.298. The Morgan fingerprint density at radius 3 is 3.18 bits per heavy atom. The van der Waals surface area contributed by atoms with Gasteiger partial charge in [0.1, 0.15) is 11.6 Å². The van der Waals surface area contributed by atoms with Gasteiger partial charge in [-0.3, -0.25) is 0 Å². The molecule has 0 saturated carbocycles. The Hall–Kier alpha value is -2.11. The second-order valence-electron chi connectivity index (χ2n) is 3.98. The van der Waals surface area contributed by atoms with Crippen molar-refractivity contribution >= 4 is 11.5 Å². The van der Waals surface area contributed by atoms with Gasteiger partial charge in [0.2, 0.25) is 0 Å². The topological polar surface area (TPSA) is 75.1 Å². The van der Waals surface area contributed by atoms with Gasteiger partial charge >= 0.3 is 5.69 Å². The van der Waals surface area contributed by atoms with E-state index in [-0.39, 0.29) is 11.7 Å². The van der Waals surface area contributed by atoms with Gasteiger partial charge in [0, 0.05) is 12.1 Å². The highest BCUT2D eigenvalue weighted by Gasteiger charge is 2.08. The first kappa shape index (κ1) is 11.4. The third kappa shape index (κ3) is 2.20. The van der Waals surface area contributed by atoms with Crippen molar-refractivity contribution in [3.8, 4) is 0 Å². The van der Waals surface area contributed by atoms with Gasteiger partial charge < -0.3 is 5.32 Å². The van der Waals surface area contributed by atoms with Crippen LogP contribution in [-0.2, 0) is 0 Å². The molecule has 2 aromatic rings. The predicted molar refractivity (Wildman–Crippen MR) is 66.2 cm³/mol. The number of nitrogens with one attached hydrogen (secondary N) is 2. The monoisotopic (exact) mass is 233 g/mol. The van der Waals surface area contributed by atoms with Crippen molar-refractivity contribution < 1.29 is 0 Å². The summed E-state index contributed by atoms with van der Waals surface area (Å²) in [7, 11) is 0. The van der Waals surface area contributed by atoms with Gasteiger partial charge in [-0.05, 0) is 20.3 Å². The van der Waals surface area contributed by atoms with E-state index in [1.54, 1.807) is 13.0 Å². The van der Waals surface area contributed by atoms with Crippen LogP contribution in [0.2, 0.25) is 0 Å². The Morgan fingerprint density at radius 1 is 1.71 bits per heavy atom. The molecular formula is C11H15N5O. The van der Waals surface area contributed by atoms with Crippen molar-refractivity contribution in [2.45, 2.75) is 26.3 Å². The van der Waals surface area contributed by atoms with Crippen molar-refractivity contribution in [2.75, 3.05) is 5.32 Å². The first-order valence-corrected chi connectivity index (χ1v) is 5.44. The van der Waals surface area contributed by atoms with Crippen molar-refractivity contribution in [2.24, 2.45) is 0 Å². The van der Waals surface area contributed by atoms with Crippen LogP contribution >= 0.6 is 0 Å². The van der Waals surface area contributed by atoms with E-state index in [0.29, 0.717) is 17.3 Å². The Balaban J connectivity index is 2.37. The lowest BCUT2D eigenvalue weighted by Crippen LogP contribution is -2.18. The minimum atomic E-state index is -0.268. The molecule has 0 spiro atoms. The third-order valence-electron chi connectivity index (χ3n) is 2.48. The standard InChI is InChI=1S/C11H15N5O/c1-4-5-7(2)12-9-6-10-14-15-11(17)16(10)8(3)13-9/h4,6-7,12H,1,5H2,2-3H3,(H,15,17). The van der Waals surface area contributed by atoms with E-state index in [2.05, 4.69) is 27.1 Å². The number of rotatable bonds is 4. The molecule has 2 aromatic heterocycles. The van der Waals surface area contributed by atoms with E-state index < -0.39 is 0 Å². The van der Waals surface area contributed by atoms with E-state index in [0.717, 1.165) is 6.42 Å². The average molecular weight is 233 g/mol. The maximum atomic E-state index is 11.4. The van der Waals surface area contributed by atoms with Crippen molar-refractivity contribution in [3.05, 3.63) is 35.0 Å². The molecule has 0 radical (unpaired) electrons. The molecule has 90 valence electrons. The summed E-state index contributed by atoms with van der Waals surface area (Å²) in [6.45, 7) is 7.50. The molecule has 2 heterocycles.